The molecule has 0 radical (unpaired) electrons. The number of hydrogen-bond acceptors (Lipinski definition) is 4. The standard InChI is InChI=1S/C17H14BrCl2NO4/c1-9(25-13-4-2-3-11(19)16(13)20)17(22)21-12-8-15-14(7-10(12)18)23-5-6-24-15/h2-4,7-9H,5-6H2,1H3,(H,21,22). The van der Waals surface area contributed by atoms with Gasteiger partial charge in [-0.25, -0.2) is 0 Å². The van der Waals surface area contributed by atoms with Crippen molar-refractivity contribution in [1.82, 2.24) is 0 Å². The van der Waals surface area contributed by atoms with Crippen LogP contribution in [-0.2, 0) is 4.79 Å². The van der Waals surface area contributed by atoms with Crippen LogP contribution in [0.3, 0.4) is 0 Å². The molecule has 0 fully saturated rings. The number of anilines is 1. The van der Waals surface area contributed by atoms with Crippen molar-refractivity contribution in [1.29, 1.82) is 0 Å². The summed E-state index contributed by atoms with van der Waals surface area (Å²) in [7, 11) is 0. The molecular formula is C17H14BrCl2NO4. The van der Waals surface area contributed by atoms with E-state index in [0.717, 1.165) is 0 Å². The number of amides is 1. The summed E-state index contributed by atoms with van der Waals surface area (Å²) in [6.45, 7) is 2.59. The number of rotatable bonds is 4. The maximum absolute atomic E-state index is 12.4. The van der Waals surface area contributed by atoms with Gasteiger partial charge in [-0.05, 0) is 35.0 Å². The lowest BCUT2D eigenvalue weighted by molar-refractivity contribution is -0.122. The highest BCUT2D eigenvalue weighted by Crippen LogP contribution is 2.38. The fourth-order valence-electron chi connectivity index (χ4n) is 2.21. The molecule has 1 amide bonds. The third-order valence-corrected chi connectivity index (χ3v) is 4.94. The van der Waals surface area contributed by atoms with Crippen LogP contribution in [0.1, 0.15) is 6.92 Å². The minimum atomic E-state index is -0.781. The molecule has 1 unspecified atom stereocenters. The molecule has 0 bridgehead atoms. The molecule has 0 aromatic heterocycles. The van der Waals surface area contributed by atoms with Crippen LogP contribution in [0.5, 0.6) is 17.2 Å². The van der Waals surface area contributed by atoms with Crippen molar-refractivity contribution < 1.29 is 19.0 Å². The van der Waals surface area contributed by atoms with Gasteiger partial charge in [-0.3, -0.25) is 4.79 Å². The fourth-order valence-corrected chi connectivity index (χ4v) is 2.97. The van der Waals surface area contributed by atoms with Crippen molar-refractivity contribution in [2.45, 2.75) is 13.0 Å². The first-order valence-electron chi connectivity index (χ1n) is 7.46. The van der Waals surface area contributed by atoms with Crippen LogP contribution in [0.2, 0.25) is 10.0 Å². The van der Waals surface area contributed by atoms with Crippen LogP contribution >= 0.6 is 39.1 Å². The van der Waals surface area contributed by atoms with E-state index in [2.05, 4.69) is 21.2 Å². The van der Waals surface area contributed by atoms with E-state index < -0.39 is 6.10 Å². The van der Waals surface area contributed by atoms with Gasteiger partial charge in [0.2, 0.25) is 0 Å². The summed E-state index contributed by atoms with van der Waals surface area (Å²) in [6, 6.07) is 8.45. The van der Waals surface area contributed by atoms with Crippen molar-refractivity contribution in [2.75, 3.05) is 18.5 Å². The first-order chi connectivity index (χ1) is 12.0. The highest BCUT2D eigenvalue weighted by molar-refractivity contribution is 9.10. The zero-order chi connectivity index (χ0) is 18.0. The lowest BCUT2D eigenvalue weighted by Gasteiger charge is -2.21. The number of carbonyl (C=O) groups excluding carboxylic acids is 1. The first-order valence-corrected chi connectivity index (χ1v) is 9.01. The van der Waals surface area contributed by atoms with Crippen LogP contribution < -0.4 is 19.5 Å². The zero-order valence-electron chi connectivity index (χ0n) is 13.1. The average Bonchev–Trinajstić information content (AvgIpc) is 2.59. The van der Waals surface area contributed by atoms with Crippen molar-refractivity contribution in [3.8, 4) is 17.2 Å². The van der Waals surface area contributed by atoms with Gasteiger partial charge in [0.25, 0.3) is 5.91 Å². The largest absolute Gasteiger partial charge is 0.486 e. The van der Waals surface area contributed by atoms with Gasteiger partial charge in [0.1, 0.15) is 24.0 Å². The summed E-state index contributed by atoms with van der Waals surface area (Å²) < 4.78 is 17.3. The molecule has 25 heavy (non-hydrogen) atoms. The Balaban J connectivity index is 1.72. The Kier molecular flexibility index (Phi) is 5.61. The average molecular weight is 447 g/mol. The van der Waals surface area contributed by atoms with Gasteiger partial charge >= 0.3 is 0 Å². The molecule has 1 N–H and O–H groups in total. The second-order valence-corrected chi connectivity index (χ2v) is 6.92. The zero-order valence-corrected chi connectivity index (χ0v) is 16.2. The number of benzene rings is 2. The highest BCUT2D eigenvalue weighted by atomic mass is 79.9. The van der Waals surface area contributed by atoms with Gasteiger partial charge in [0, 0.05) is 16.6 Å². The number of fused-ring (bicyclic) bond motifs is 1. The maximum atomic E-state index is 12.4. The van der Waals surface area contributed by atoms with E-state index in [0.29, 0.717) is 45.6 Å². The highest BCUT2D eigenvalue weighted by Gasteiger charge is 2.20. The van der Waals surface area contributed by atoms with E-state index in [1.165, 1.54) is 0 Å². The molecule has 1 heterocycles. The second kappa shape index (κ2) is 7.72. The summed E-state index contributed by atoms with van der Waals surface area (Å²) in [4.78, 5) is 12.4. The van der Waals surface area contributed by atoms with Crippen LogP contribution in [0, 0.1) is 0 Å². The third kappa shape index (κ3) is 4.14. The van der Waals surface area contributed by atoms with E-state index in [1.807, 2.05) is 0 Å². The molecule has 0 saturated heterocycles. The number of nitrogens with one attached hydrogen (secondary N) is 1. The minimum Gasteiger partial charge on any atom is -0.486 e. The van der Waals surface area contributed by atoms with Crippen molar-refractivity contribution >= 4 is 50.7 Å². The lowest BCUT2D eigenvalue weighted by atomic mass is 10.2. The quantitative estimate of drug-likeness (QED) is 0.723. The molecule has 132 valence electrons. The Morgan fingerprint density at radius 2 is 1.92 bits per heavy atom. The summed E-state index contributed by atoms with van der Waals surface area (Å²) in [5, 5.41) is 3.42. The molecule has 0 spiro atoms. The van der Waals surface area contributed by atoms with Gasteiger partial charge < -0.3 is 19.5 Å². The van der Waals surface area contributed by atoms with Crippen molar-refractivity contribution in [3.05, 3.63) is 44.8 Å². The predicted octanol–water partition coefficient (Wildman–Crippen LogP) is 4.93. The van der Waals surface area contributed by atoms with Gasteiger partial charge in [0.15, 0.2) is 17.6 Å². The molecule has 1 atom stereocenters. The predicted molar refractivity (Wildman–Crippen MR) is 100 cm³/mol. The number of carbonyl (C=O) groups is 1. The first kappa shape index (κ1) is 18.2. The van der Waals surface area contributed by atoms with Gasteiger partial charge in [-0.15, -0.1) is 0 Å². The molecule has 3 rings (SSSR count). The maximum Gasteiger partial charge on any atom is 0.265 e. The topological polar surface area (TPSA) is 56.8 Å². The van der Waals surface area contributed by atoms with Crippen LogP contribution in [0.4, 0.5) is 5.69 Å². The van der Waals surface area contributed by atoms with Crippen molar-refractivity contribution in [2.24, 2.45) is 0 Å². The Hall–Kier alpha value is -1.63. The molecule has 2 aromatic carbocycles. The van der Waals surface area contributed by atoms with Crippen molar-refractivity contribution in [3.63, 3.8) is 0 Å². The fraction of sp³-hybridized carbons (Fsp3) is 0.235. The molecule has 0 aliphatic carbocycles. The van der Waals surface area contributed by atoms with E-state index in [4.69, 9.17) is 37.4 Å². The van der Waals surface area contributed by atoms with Gasteiger partial charge in [0.05, 0.1) is 10.7 Å². The second-order valence-electron chi connectivity index (χ2n) is 5.28. The Labute approximate surface area is 163 Å². The lowest BCUT2D eigenvalue weighted by Crippen LogP contribution is -2.30. The van der Waals surface area contributed by atoms with E-state index in [1.54, 1.807) is 37.3 Å². The number of ether oxygens (including phenoxy) is 3. The molecule has 5 nitrogen and oxygen atoms in total. The summed E-state index contributed by atoms with van der Waals surface area (Å²) in [5.74, 6) is 1.22. The van der Waals surface area contributed by atoms with Gasteiger partial charge in [-0.2, -0.15) is 0 Å². The van der Waals surface area contributed by atoms with Crippen LogP contribution in [0.15, 0.2) is 34.8 Å². The summed E-state index contributed by atoms with van der Waals surface area (Å²) in [6.07, 6.45) is -0.781. The molecule has 2 aromatic rings. The Morgan fingerprint density at radius 3 is 2.64 bits per heavy atom. The Morgan fingerprint density at radius 1 is 1.24 bits per heavy atom. The van der Waals surface area contributed by atoms with E-state index in [-0.39, 0.29) is 10.9 Å². The third-order valence-electron chi connectivity index (χ3n) is 3.48. The summed E-state index contributed by atoms with van der Waals surface area (Å²) in [5.41, 5.74) is 0.557. The van der Waals surface area contributed by atoms with E-state index >= 15 is 0 Å². The van der Waals surface area contributed by atoms with Crippen LogP contribution in [-0.4, -0.2) is 25.2 Å². The smallest absolute Gasteiger partial charge is 0.265 e. The van der Waals surface area contributed by atoms with E-state index in [9.17, 15) is 4.79 Å². The summed E-state index contributed by atoms with van der Waals surface area (Å²) >= 11 is 15.4. The monoisotopic (exact) mass is 445 g/mol. The normalized spacial score (nSPS) is 13.9. The minimum absolute atomic E-state index is 0.268. The molecular weight excluding hydrogens is 433 g/mol. The number of halogens is 3. The van der Waals surface area contributed by atoms with Gasteiger partial charge in [-0.1, -0.05) is 29.3 Å². The SMILES string of the molecule is CC(Oc1cccc(Cl)c1Cl)C(=O)Nc1cc2c(cc1Br)OCCO2. The Bertz CT molecular complexity index is 815. The number of hydrogen-bond donors (Lipinski definition) is 1. The molecule has 1 aliphatic heterocycles. The molecule has 1 aliphatic rings. The molecule has 8 heteroatoms. The van der Waals surface area contributed by atoms with Crippen LogP contribution in [0.25, 0.3) is 0 Å². The molecule has 0 saturated carbocycles.